The minimum Gasteiger partial charge on any atom is -0.301 e. The number of likely N-dealkylation sites (N-methyl/N-ethyl adjacent to an activating group) is 1. The highest BCUT2D eigenvalue weighted by atomic mass is 31.0. The molecule has 1 aliphatic heterocycles. The molecule has 2 atom stereocenters. The first-order valence-corrected chi connectivity index (χ1v) is 9.47. The Hall–Kier alpha value is -0.900. The van der Waals surface area contributed by atoms with Gasteiger partial charge in [-0.05, 0) is 25.1 Å². The van der Waals surface area contributed by atoms with Crippen molar-refractivity contribution in [3.05, 3.63) is 29.6 Å². The summed E-state index contributed by atoms with van der Waals surface area (Å²) in [4.78, 5) is 16.7. The van der Waals surface area contributed by atoms with E-state index in [4.69, 9.17) is 0 Å². The lowest BCUT2D eigenvalue weighted by Crippen LogP contribution is -2.47. The lowest BCUT2D eigenvalue weighted by Gasteiger charge is -2.35. The van der Waals surface area contributed by atoms with Crippen molar-refractivity contribution in [3.8, 4) is 0 Å². The first kappa shape index (κ1) is 24.1. The van der Waals surface area contributed by atoms with Crippen LogP contribution in [0.4, 0.5) is 8.78 Å². The van der Waals surface area contributed by atoms with Crippen LogP contribution in [-0.4, -0.2) is 62.0 Å². The lowest BCUT2D eigenvalue weighted by molar-refractivity contribution is -0.119. The number of hydrogen-bond donors (Lipinski definition) is 0. The number of piperazine rings is 1. The van der Waals surface area contributed by atoms with Crippen LogP contribution in [0, 0.1) is 5.82 Å². The number of carbonyl (C=O) groups excluding carboxylic acids is 1. The van der Waals surface area contributed by atoms with Gasteiger partial charge in [0.15, 0.2) is 0 Å². The van der Waals surface area contributed by atoms with Crippen LogP contribution in [0.15, 0.2) is 18.2 Å². The Kier molecular flexibility index (Phi) is 12.8. The molecule has 144 valence electrons. The van der Waals surface area contributed by atoms with Gasteiger partial charge in [-0.25, -0.2) is 4.39 Å². The highest BCUT2D eigenvalue weighted by Gasteiger charge is 2.23. The number of Topliss-reactive ketones (excluding diaryl/α,β-unsaturated/α-hetero) is 1. The topological polar surface area (TPSA) is 23.6 Å². The number of ketones is 1. The maximum Gasteiger partial charge on any atom is 0.138 e. The van der Waals surface area contributed by atoms with Crippen LogP contribution in [0.25, 0.3) is 0 Å². The summed E-state index contributed by atoms with van der Waals surface area (Å²) in [6, 6.07) is 5.08. The first-order valence-electron chi connectivity index (χ1n) is 8.89. The molecular weight excluding hydrogens is 341 g/mol. The summed E-state index contributed by atoms with van der Waals surface area (Å²) in [7, 11) is 2.87. The van der Waals surface area contributed by atoms with Crippen molar-refractivity contribution in [2.24, 2.45) is 0 Å². The maximum atomic E-state index is 13.7. The van der Waals surface area contributed by atoms with E-state index in [9.17, 15) is 13.6 Å². The number of rotatable bonds is 5. The fourth-order valence-electron chi connectivity index (χ4n) is 2.78. The Morgan fingerprint density at radius 2 is 1.68 bits per heavy atom. The SMILES string of the molecule is CC.CCN1CCN(CC(C(C)=O)c2ccc(P)c(F)c2)CC1.CF. The molecule has 3 nitrogen and oxygen atoms in total. The third-order valence-electron chi connectivity index (χ3n) is 4.27. The molecule has 1 saturated heterocycles. The van der Waals surface area contributed by atoms with Crippen LogP contribution >= 0.6 is 9.24 Å². The van der Waals surface area contributed by atoms with E-state index >= 15 is 0 Å². The Morgan fingerprint density at radius 1 is 1.16 bits per heavy atom. The second-order valence-electron chi connectivity index (χ2n) is 5.68. The third-order valence-corrected chi connectivity index (χ3v) is 4.74. The predicted octanol–water partition coefficient (Wildman–Crippen LogP) is 3.25. The van der Waals surface area contributed by atoms with E-state index in [1.54, 1.807) is 13.0 Å². The Balaban J connectivity index is 0.00000134. The van der Waals surface area contributed by atoms with Crippen molar-refractivity contribution in [1.82, 2.24) is 9.80 Å². The molecule has 1 aliphatic rings. The van der Waals surface area contributed by atoms with Crippen LogP contribution in [-0.2, 0) is 4.79 Å². The molecule has 0 bridgehead atoms. The van der Waals surface area contributed by atoms with Crippen molar-refractivity contribution < 1.29 is 13.6 Å². The number of benzene rings is 1. The monoisotopic (exact) mass is 374 g/mol. The smallest absolute Gasteiger partial charge is 0.138 e. The average molecular weight is 374 g/mol. The van der Waals surface area contributed by atoms with Crippen LogP contribution in [0.1, 0.15) is 39.2 Å². The summed E-state index contributed by atoms with van der Waals surface area (Å²) in [6.45, 7) is 13.6. The zero-order valence-electron chi connectivity index (χ0n) is 16.2. The normalized spacial score (nSPS) is 16.2. The molecule has 1 fully saturated rings. The van der Waals surface area contributed by atoms with E-state index in [0.717, 1.165) is 38.3 Å². The quantitative estimate of drug-likeness (QED) is 0.740. The highest BCUT2D eigenvalue weighted by molar-refractivity contribution is 7.27. The van der Waals surface area contributed by atoms with Gasteiger partial charge < -0.3 is 4.90 Å². The molecule has 0 N–H and O–H groups in total. The average Bonchev–Trinajstić information content (AvgIpc) is 2.65. The maximum absolute atomic E-state index is 13.7. The van der Waals surface area contributed by atoms with Crippen molar-refractivity contribution in [2.45, 2.75) is 33.6 Å². The van der Waals surface area contributed by atoms with Gasteiger partial charge in [-0.3, -0.25) is 14.1 Å². The van der Waals surface area contributed by atoms with E-state index in [-0.39, 0.29) is 17.5 Å². The van der Waals surface area contributed by atoms with E-state index < -0.39 is 0 Å². The highest BCUT2D eigenvalue weighted by Crippen LogP contribution is 2.20. The van der Waals surface area contributed by atoms with Crippen LogP contribution < -0.4 is 5.30 Å². The number of alkyl halides is 1. The minimum absolute atomic E-state index is 0.101. The molecular formula is C19H33F2N2OP. The van der Waals surface area contributed by atoms with E-state index in [2.05, 4.69) is 26.0 Å². The molecule has 2 rings (SSSR count). The summed E-state index contributed by atoms with van der Waals surface area (Å²) in [6.07, 6.45) is 0. The zero-order chi connectivity index (χ0) is 19.4. The van der Waals surface area contributed by atoms with E-state index in [1.165, 1.54) is 6.07 Å². The molecule has 0 radical (unpaired) electrons. The van der Waals surface area contributed by atoms with Gasteiger partial charge in [0.25, 0.3) is 0 Å². The van der Waals surface area contributed by atoms with Crippen LogP contribution in [0.2, 0.25) is 0 Å². The summed E-state index contributed by atoms with van der Waals surface area (Å²) >= 11 is 0. The summed E-state index contributed by atoms with van der Waals surface area (Å²) in [5, 5.41) is 0.539. The van der Waals surface area contributed by atoms with Crippen molar-refractivity contribution in [3.63, 3.8) is 0 Å². The summed E-state index contributed by atoms with van der Waals surface area (Å²) in [5.74, 6) is -0.401. The fourth-order valence-corrected chi connectivity index (χ4v) is 2.95. The van der Waals surface area contributed by atoms with Gasteiger partial charge >= 0.3 is 0 Å². The Morgan fingerprint density at radius 3 is 2.12 bits per heavy atom. The van der Waals surface area contributed by atoms with Gasteiger partial charge in [0, 0.05) is 38.0 Å². The van der Waals surface area contributed by atoms with E-state index in [0.29, 0.717) is 19.0 Å². The zero-order valence-corrected chi connectivity index (χ0v) is 17.3. The van der Waals surface area contributed by atoms with Crippen molar-refractivity contribution in [2.75, 3.05) is 46.4 Å². The third kappa shape index (κ3) is 7.89. The molecule has 2 unspecified atom stereocenters. The van der Waals surface area contributed by atoms with Crippen LogP contribution in [0.3, 0.4) is 0 Å². The number of halogens is 2. The molecule has 6 heteroatoms. The minimum atomic E-state index is -0.264. The van der Waals surface area contributed by atoms with Gasteiger partial charge in [-0.2, -0.15) is 0 Å². The first-order chi connectivity index (χ1) is 12.0. The fraction of sp³-hybridized carbons (Fsp3) is 0.632. The largest absolute Gasteiger partial charge is 0.301 e. The second-order valence-corrected chi connectivity index (χ2v) is 6.30. The molecule has 0 aromatic heterocycles. The second kappa shape index (κ2) is 13.3. The molecule has 0 spiro atoms. The van der Waals surface area contributed by atoms with Gasteiger partial charge in [0.05, 0.1) is 13.1 Å². The van der Waals surface area contributed by atoms with E-state index in [1.807, 2.05) is 19.9 Å². The van der Waals surface area contributed by atoms with Crippen LogP contribution in [0.5, 0.6) is 0 Å². The Bertz CT molecular complexity index is 506. The molecule has 1 aromatic rings. The van der Waals surface area contributed by atoms with Gasteiger partial charge in [0.2, 0.25) is 0 Å². The Labute approximate surface area is 154 Å². The van der Waals surface area contributed by atoms with Gasteiger partial charge in [-0.1, -0.05) is 32.9 Å². The van der Waals surface area contributed by atoms with Crippen molar-refractivity contribution in [1.29, 1.82) is 0 Å². The molecule has 1 heterocycles. The van der Waals surface area contributed by atoms with Gasteiger partial charge in [-0.15, -0.1) is 9.24 Å². The summed E-state index contributed by atoms with van der Waals surface area (Å²) in [5.41, 5.74) is 0.782. The van der Waals surface area contributed by atoms with Gasteiger partial charge in [0.1, 0.15) is 11.6 Å². The summed E-state index contributed by atoms with van der Waals surface area (Å²) < 4.78 is 23.2. The van der Waals surface area contributed by atoms with Crippen molar-refractivity contribution >= 4 is 20.3 Å². The molecule has 1 aromatic carbocycles. The molecule has 0 saturated carbocycles. The number of nitrogens with zero attached hydrogens (tertiary/aromatic N) is 2. The number of hydrogen-bond acceptors (Lipinski definition) is 3. The molecule has 0 aliphatic carbocycles. The molecule has 25 heavy (non-hydrogen) atoms. The predicted molar refractivity (Wildman–Crippen MR) is 106 cm³/mol. The standard InChI is InChI=1S/C16H24FN2OP.C2H6.CH3F/c1-3-18-6-8-19(9-7-18)11-14(12(2)20)13-4-5-16(21)15(17)10-13;2*1-2/h4-5,10,14H,3,6-9,11,21H2,1-2H3;1-2H3;1H3. The lowest BCUT2D eigenvalue weighted by atomic mass is 9.94. The number of carbonyl (C=O) groups is 1. The molecule has 0 amide bonds.